The summed E-state index contributed by atoms with van der Waals surface area (Å²) in [7, 11) is 0. The van der Waals surface area contributed by atoms with Crippen molar-refractivity contribution in [2.45, 2.75) is 40.0 Å². The molecular weight excluding hydrogens is 490 g/mol. The molecule has 0 saturated heterocycles. The van der Waals surface area contributed by atoms with Gasteiger partial charge in [-0.05, 0) is 48.6 Å². The predicted molar refractivity (Wildman–Crippen MR) is 127 cm³/mol. The first-order valence-corrected chi connectivity index (χ1v) is 11.4. The van der Waals surface area contributed by atoms with Crippen molar-refractivity contribution in [1.82, 2.24) is 0 Å². The molecule has 2 saturated carbocycles. The van der Waals surface area contributed by atoms with Crippen LogP contribution >= 0.6 is 15.9 Å². The molecule has 2 fully saturated rings. The summed E-state index contributed by atoms with van der Waals surface area (Å²) in [5.74, 6) is -0.854. The number of benzene rings is 2. The number of anilines is 1. The van der Waals surface area contributed by atoms with E-state index >= 15 is 0 Å². The van der Waals surface area contributed by atoms with Crippen LogP contribution in [0, 0.1) is 26.4 Å². The zero-order valence-electron chi connectivity index (χ0n) is 18.6. The standard InChI is InChI=1S/C24H24BrN3O5/c1-22(2)23(3)12-13-24(22,21(30)26-17-6-4-5-7-18(17)28(31)32)14-19(23)27-33-20(29)15-8-10-16(25)11-9-15/h4-11H,12-14H2,1-3H3,(H,26,30). The van der Waals surface area contributed by atoms with Crippen molar-refractivity contribution < 1.29 is 19.3 Å². The lowest BCUT2D eigenvalue weighted by atomic mass is 9.64. The number of halogens is 1. The minimum absolute atomic E-state index is 0.156. The van der Waals surface area contributed by atoms with Gasteiger partial charge in [0.1, 0.15) is 5.69 Å². The Balaban J connectivity index is 1.60. The Labute approximate surface area is 199 Å². The fraction of sp³-hybridized carbons (Fsp3) is 0.375. The number of carbonyl (C=O) groups excluding carboxylic acids is 2. The van der Waals surface area contributed by atoms with Crippen LogP contribution < -0.4 is 5.32 Å². The summed E-state index contributed by atoms with van der Waals surface area (Å²) in [6.45, 7) is 6.06. The van der Waals surface area contributed by atoms with E-state index < -0.39 is 27.1 Å². The molecule has 172 valence electrons. The Kier molecular flexibility index (Phi) is 5.64. The SMILES string of the molecule is CC12CCC(C(=O)Nc3ccccc3[N+](=O)[O-])(CC1=NOC(=O)c1ccc(Br)cc1)C2(C)C. The van der Waals surface area contributed by atoms with E-state index in [1.54, 1.807) is 36.4 Å². The molecule has 2 bridgehead atoms. The number of amides is 1. The highest BCUT2D eigenvalue weighted by Gasteiger charge is 2.71. The number of nitrogens with one attached hydrogen (secondary N) is 1. The molecule has 4 rings (SSSR count). The average Bonchev–Trinajstić information content (AvgIpc) is 3.09. The molecule has 0 radical (unpaired) electrons. The highest BCUT2D eigenvalue weighted by molar-refractivity contribution is 9.10. The van der Waals surface area contributed by atoms with E-state index in [1.807, 2.05) is 20.8 Å². The van der Waals surface area contributed by atoms with Crippen molar-refractivity contribution in [1.29, 1.82) is 0 Å². The Morgan fingerprint density at radius 3 is 2.42 bits per heavy atom. The number of carbonyl (C=O) groups is 2. The number of nitrogens with zero attached hydrogens (tertiary/aromatic N) is 2. The van der Waals surface area contributed by atoms with Crippen molar-refractivity contribution in [2.75, 3.05) is 5.32 Å². The predicted octanol–water partition coefficient (Wildman–Crippen LogP) is 5.73. The Morgan fingerprint density at radius 1 is 1.09 bits per heavy atom. The van der Waals surface area contributed by atoms with Crippen molar-refractivity contribution in [3.63, 3.8) is 0 Å². The number of hydrogen-bond acceptors (Lipinski definition) is 6. The molecule has 2 aliphatic rings. The van der Waals surface area contributed by atoms with Gasteiger partial charge in [0.25, 0.3) is 5.69 Å². The lowest BCUT2D eigenvalue weighted by Crippen LogP contribution is -2.43. The molecule has 9 heteroatoms. The monoisotopic (exact) mass is 513 g/mol. The van der Waals surface area contributed by atoms with E-state index in [2.05, 4.69) is 26.4 Å². The Hall–Kier alpha value is -3.07. The second-order valence-electron chi connectivity index (χ2n) is 9.37. The van der Waals surface area contributed by atoms with Gasteiger partial charge in [0.15, 0.2) is 0 Å². The van der Waals surface area contributed by atoms with Crippen molar-refractivity contribution >= 4 is 44.9 Å². The second kappa shape index (κ2) is 8.06. The van der Waals surface area contributed by atoms with Crippen molar-refractivity contribution in [3.8, 4) is 0 Å². The first-order valence-electron chi connectivity index (χ1n) is 10.6. The van der Waals surface area contributed by atoms with E-state index in [4.69, 9.17) is 4.84 Å². The topological polar surface area (TPSA) is 111 Å². The average molecular weight is 514 g/mol. The summed E-state index contributed by atoms with van der Waals surface area (Å²) in [5.41, 5.74) is -0.743. The molecule has 1 N–H and O–H groups in total. The number of fused-ring (bicyclic) bond motifs is 2. The number of hydrogen-bond donors (Lipinski definition) is 1. The summed E-state index contributed by atoms with van der Waals surface area (Å²) < 4.78 is 0.847. The highest BCUT2D eigenvalue weighted by atomic mass is 79.9. The van der Waals surface area contributed by atoms with E-state index in [9.17, 15) is 19.7 Å². The molecule has 2 aliphatic carbocycles. The molecule has 33 heavy (non-hydrogen) atoms. The van der Waals surface area contributed by atoms with Gasteiger partial charge in [-0.1, -0.05) is 54.0 Å². The first-order chi connectivity index (χ1) is 15.5. The fourth-order valence-electron chi connectivity index (χ4n) is 5.24. The smallest absolute Gasteiger partial charge is 0.320 e. The van der Waals surface area contributed by atoms with Crippen LogP contribution in [-0.4, -0.2) is 22.5 Å². The van der Waals surface area contributed by atoms with Crippen LogP contribution in [0.5, 0.6) is 0 Å². The van der Waals surface area contributed by atoms with Crippen LogP contribution in [0.4, 0.5) is 11.4 Å². The zero-order chi connectivity index (χ0) is 24.0. The molecule has 2 aromatic carbocycles. The molecule has 2 atom stereocenters. The van der Waals surface area contributed by atoms with Gasteiger partial charge in [0, 0.05) is 22.4 Å². The fourth-order valence-corrected chi connectivity index (χ4v) is 5.50. The molecule has 2 aromatic rings. The lowest BCUT2D eigenvalue weighted by molar-refractivity contribution is -0.383. The number of nitro benzene ring substituents is 1. The van der Waals surface area contributed by atoms with Crippen LogP contribution in [0.3, 0.4) is 0 Å². The highest BCUT2D eigenvalue weighted by Crippen LogP contribution is 2.71. The summed E-state index contributed by atoms with van der Waals surface area (Å²) in [5, 5.41) is 18.4. The van der Waals surface area contributed by atoms with E-state index in [0.29, 0.717) is 30.5 Å². The van der Waals surface area contributed by atoms with Crippen LogP contribution in [-0.2, 0) is 9.63 Å². The zero-order valence-corrected chi connectivity index (χ0v) is 20.1. The van der Waals surface area contributed by atoms with Gasteiger partial charge >= 0.3 is 5.97 Å². The Bertz CT molecular complexity index is 1180. The minimum atomic E-state index is -0.825. The van der Waals surface area contributed by atoms with Gasteiger partial charge in [0.05, 0.1) is 21.6 Å². The molecular formula is C24H24BrN3O5. The maximum atomic E-state index is 13.6. The van der Waals surface area contributed by atoms with E-state index in [0.717, 1.165) is 4.47 Å². The maximum absolute atomic E-state index is 13.6. The van der Waals surface area contributed by atoms with Crippen LogP contribution in [0.2, 0.25) is 0 Å². The van der Waals surface area contributed by atoms with Crippen molar-refractivity contribution in [2.24, 2.45) is 21.4 Å². The number of oxime groups is 1. The molecule has 0 spiro atoms. The third-order valence-electron chi connectivity index (χ3n) is 7.84. The van der Waals surface area contributed by atoms with Gasteiger partial charge in [0.2, 0.25) is 5.91 Å². The van der Waals surface area contributed by atoms with E-state index in [1.165, 1.54) is 12.1 Å². The summed E-state index contributed by atoms with van der Waals surface area (Å²) in [6.07, 6.45) is 1.62. The second-order valence-corrected chi connectivity index (χ2v) is 10.3. The molecule has 0 aromatic heterocycles. The van der Waals surface area contributed by atoms with E-state index in [-0.39, 0.29) is 17.3 Å². The number of para-hydroxylation sites is 2. The third-order valence-corrected chi connectivity index (χ3v) is 8.36. The Morgan fingerprint density at radius 2 is 1.76 bits per heavy atom. The molecule has 0 heterocycles. The van der Waals surface area contributed by atoms with Gasteiger partial charge in [-0.2, -0.15) is 0 Å². The molecule has 8 nitrogen and oxygen atoms in total. The molecule has 0 aliphatic heterocycles. The number of nitro groups is 1. The summed E-state index contributed by atoms with van der Waals surface area (Å²) in [6, 6.07) is 12.9. The first kappa shape index (κ1) is 23.1. The third kappa shape index (κ3) is 3.55. The quantitative estimate of drug-likeness (QED) is 0.312. The minimum Gasteiger partial charge on any atom is -0.320 e. The van der Waals surface area contributed by atoms with Gasteiger partial charge in [-0.3, -0.25) is 14.9 Å². The van der Waals surface area contributed by atoms with Gasteiger partial charge in [-0.15, -0.1) is 0 Å². The van der Waals surface area contributed by atoms with Gasteiger partial charge < -0.3 is 10.2 Å². The van der Waals surface area contributed by atoms with Crippen LogP contribution in [0.25, 0.3) is 0 Å². The lowest BCUT2D eigenvalue weighted by Gasteiger charge is -2.39. The number of rotatable bonds is 5. The molecule has 1 amide bonds. The maximum Gasteiger partial charge on any atom is 0.365 e. The van der Waals surface area contributed by atoms with Crippen LogP contribution in [0.1, 0.15) is 50.4 Å². The normalized spacial score (nSPS) is 26.2. The van der Waals surface area contributed by atoms with Gasteiger partial charge in [-0.25, -0.2) is 4.79 Å². The largest absolute Gasteiger partial charge is 0.365 e. The van der Waals surface area contributed by atoms with Crippen LogP contribution in [0.15, 0.2) is 58.2 Å². The summed E-state index contributed by atoms with van der Waals surface area (Å²) >= 11 is 3.33. The van der Waals surface area contributed by atoms with Crippen molar-refractivity contribution in [3.05, 3.63) is 68.7 Å². The summed E-state index contributed by atoms with van der Waals surface area (Å²) in [4.78, 5) is 42.2. The molecule has 2 unspecified atom stereocenters.